The normalized spacial score (nSPS) is 23.5. The van der Waals surface area contributed by atoms with Gasteiger partial charge in [0, 0.05) is 30.8 Å². The van der Waals surface area contributed by atoms with Crippen molar-refractivity contribution in [3.8, 4) is 22.9 Å². The molecule has 0 spiro atoms. The van der Waals surface area contributed by atoms with Crippen LogP contribution in [0, 0.1) is 17.1 Å². The summed E-state index contributed by atoms with van der Waals surface area (Å²) in [5, 5.41) is 19.1. The molecular weight excluding hydrogens is 354 g/mol. The SMILES string of the molecule is N#CCC1(S)CCN(Cc2ccc(-c3ccccc3)c(O)c2F)CC1F. The number of aromatic hydroxyl groups is 1. The van der Waals surface area contributed by atoms with E-state index in [0.29, 0.717) is 24.1 Å². The third-order valence-electron chi connectivity index (χ3n) is 4.92. The molecule has 1 N–H and O–H groups in total. The van der Waals surface area contributed by atoms with E-state index in [1.165, 1.54) is 0 Å². The van der Waals surface area contributed by atoms with E-state index < -0.39 is 22.5 Å². The first-order valence-electron chi connectivity index (χ1n) is 8.46. The Hall–Kier alpha value is -2.10. The number of rotatable bonds is 4. The molecule has 1 aliphatic rings. The van der Waals surface area contributed by atoms with E-state index in [-0.39, 0.29) is 19.5 Å². The van der Waals surface area contributed by atoms with Gasteiger partial charge in [0.05, 0.1) is 17.2 Å². The van der Waals surface area contributed by atoms with Crippen LogP contribution in [0.2, 0.25) is 0 Å². The monoisotopic (exact) mass is 374 g/mol. The van der Waals surface area contributed by atoms with Gasteiger partial charge in [0.25, 0.3) is 0 Å². The Balaban J connectivity index is 1.76. The number of nitrogens with zero attached hydrogens (tertiary/aromatic N) is 2. The first kappa shape index (κ1) is 18.7. The van der Waals surface area contributed by atoms with Crippen LogP contribution in [0.15, 0.2) is 42.5 Å². The van der Waals surface area contributed by atoms with Crippen molar-refractivity contribution in [3.05, 3.63) is 53.8 Å². The van der Waals surface area contributed by atoms with Crippen LogP contribution in [0.3, 0.4) is 0 Å². The van der Waals surface area contributed by atoms with E-state index in [0.717, 1.165) is 5.56 Å². The molecule has 3 nitrogen and oxygen atoms in total. The summed E-state index contributed by atoms with van der Waals surface area (Å²) in [5.41, 5.74) is 1.48. The van der Waals surface area contributed by atoms with Crippen molar-refractivity contribution >= 4 is 12.6 Å². The summed E-state index contributed by atoms with van der Waals surface area (Å²) in [6.45, 7) is 0.809. The molecule has 0 radical (unpaired) electrons. The van der Waals surface area contributed by atoms with Gasteiger partial charge in [-0.15, -0.1) is 0 Å². The van der Waals surface area contributed by atoms with Crippen LogP contribution in [0.1, 0.15) is 18.4 Å². The lowest BCUT2D eigenvalue weighted by molar-refractivity contribution is 0.0997. The molecule has 3 rings (SSSR count). The minimum Gasteiger partial charge on any atom is -0.504 e. The van der Waals surface area contributed by atoms with Gasteiger partial charge < -0.3 is 5.11 Å². The number of likely N-dealkylation sites (tertiary alicyclic amines) is 1. The highest BCUT2D eigenvalue weighted by atomic mass is 32.1. The smallest absolute Gasteiger partial charge is 0.169 e. The lowest BCUT2D eigenvalue weighted by Gasteiger charge is -2.40. The Morgan fingerprint density at radius 1 is 1.27 bits per heavy atom. The lowest BCUT2D eigenvalue weighted by atomic mass is 9.90. The molecule has 0 saturated carbocycles. The quantitative estimate of drug-likeness (QED) is 0.784. The molecule has 1 fully saturated rings. The fraction of sp³-hybridized carbons (Fsp3) is 0.350. The molecule has 0 aliphatic carbocycles. The summed E-state index contributed by atoms with van der Waals surface area (Å²) in [4.78, 5) is 1.79. The summed E-state index contributed by atoms with van der Waals surface area (Å²) >= 11 is 4.34. The second-order valence-electron chi connectivity index (χ2n) is 6.69. The minimum absolute atomic E-state index is 0.0477. The van der Waals surface area contributed by atoms with Gasteiger partial charge in [0.1, 0.15) is 6.17 Å². The Labute approximate surface area is 157 Å². The number of hydrogen-bond donors (Lipinski definition) is 2. The molecule has 2 aromatic carbocycles. The van der Waals surface area contributed by atoms with E-state index in [2.05, 4.69) is 12.6 Å². The zero-order valence-corrected chi connectivity index (χ0v) is 15.1. The number of piperidine rings is 1. The van der Waals surface area contributed by atoms with E-state index >= 15 is 0 Å². The highest BCUT2D eigenvalue weighted by Crippen LogP contribution is 2.36. The maximum Gasteiger partial charge on any atom is 0.169 e. The molecule has 1 saturated heterocycles. The van der Waals surface area contributed by atoms with Gasteiger partial charge in [-0.1, -0.05) is 42.5 Å². The second-order valence-corrected chi connectivity index (χ2v) is 7.58. The fourth-order valence-corrected chi connectivity index (χ4v) is 3.55. The average molecular weight is 374 g/mol. The van der Waals surface area contributed by atoms with Gasteiger partial charge >= 0.3 is 0 Å². The van der Waals surface area contributed by atoms with Crippen molar-refractivity contribution in [1.29, 1.82) is 5.26 Å². The first-order valence-corrected chi connectivity index (χ1v) is 8.91. The van der Waals surface area contributed by atoms with E-state index in [9.17, 15) is 13.9 Å². The molecule has 1 aliphatic heterocycles. The highest BCUT2D eigenvalue weighted by Gasteiger charge is 2.40. The number of phenols is 1. The molecule has 0 amide bonds. The number of phenolic OH excluding ortho intramolecular Hbond substituents is 1. The van der Waals surface area contributed by atoms with Crippen molar-refractivity contribution < 1.29 is 13.9 Å². The number of thiol groups is 1. The standard InChI is InChI=1S/C20H20F2N2OS/c21-17-13-24(11-9-20(17,26)8-10-23)12-15-6-7-16(19(25)18(15)22)14-4-2-1-3-5-14/h1-7,17,25-26H,8-9,11-13H2. The Kier molecular flexibility index (Phi) is 5.49. The molecular formula is C20H20F2N2OS. The largest absolute Gasteiger partial charge is 0.504 e. The van der Waals surface area contributed by atoms with Gasteiger partial charge in [0.15, 0.2) is 11.6 Å². The van der Waals surface area contributed by atoms with Crippen LogP contribution < -0.4 is 0 Å². The summed E-state index contributed by atoms with van der Waals surface area (Å²) in [6.07, 6.45) is -0.800. The highest BCUT2D eigenvalue weighted by molar-refractivity contribution is 7.81. The molecule has 136 valence electrons. The molecule has 1 heterocycles. The van der Waals surface area contributed by atoms with Crippen LogP contribution in [-0.2, 0) is 6.54 Å². The maximum absolute atomic E-state index is 14.6. The predicted octanol–water partition coefficient (Wildman–Crippen LogP) is 4.32. The third-order valence-corrected chi connectivity index (χ3v) is 5.58. The maximum atomic E-state index is 14.6. The van der Waals surface area contributed by atoms with Gasteiger partial charge in [-0.3, -0.25) is 4.90 Å². The fourth-order valence-electron chi connectivity index (χ4n) is 3.30. The summed E-state index contributed by atoms with van der Waals surface area (Å²) in [5.74, 6) is -1.07. The van der Waals surface area contributed by atoms with Crippen molar-refractivity contribution in [2.24, 2.45) is 0 Å². The van der Waals surface area contributed by atoms with Gasteiger partial charge in [-0.25, -0.2) is 8.78 Å². The Bertz CT molecular complexity index is 825. The van der Waals surface area contributed by atoms with E-state index in [4.69, 9.17) is 5.26 Å². The van der Waals surface area contributed by atoms with Crippen molar-refractivity contribution in [3.63, 3.8) is 0 Å². The zero-order valence-electron chi connectivity index (χ0n) is 14.2. The summed E-state index contributed by atoms with van der Waals surface area (Å²) < 4.78 is 28.1. The number of nitriles is 1. The topological polar surface area (TPSA) is 47.3 Å². The minimum atomic E-state index is -1.26. The summed E-state index contributed by atoms with van der Waals surface area (Å²) in [6, 6.07) is 14.4. The van der Waals surface area contributed by atoms with Crippen LogP contribution in [-0.4, -0.2) is 34.0 Å². The number of alkyl halides is 1. The molecule has 2 unspecified atom stereocenters. The van der Waals surface area contributed by atoms with Crippen molar-refractivity contribution in [1.82, 2.24) is 4.90 Å². The van der Waals surface area contributed by atoms with Crippen LogP contribution in [0.25, 0.3) is 11.1 Å². The van der Waals surface area contributed by atoms with E-state index in [1.54, 1.807) is 29.2 Å². The van der Waals surface area contributed by atoms with Crippen LogP contribution >= 0.6 is 12.6 Å². The van der Waals surface area contributed by atoms with Gasteiger partial charge in [-0.2, -0.15) is 17.9 Å². The van der Waals surface area contributed by atoms with Crippen LogP contribution in [0.4, 0.5) is 8.78 Å². The number of benzene rings is 2. The second kappa shape index (κ2) is 7.65. The Morgan fingerprint density at radius 2 is 2.00 bits per heavy atom. The number of halogens is 2. The zero-order chi connectivity index (χ0) is 18.7. The van der Waals surface area contributed by atoms with Gasteiger partial charge in [-0.05, 0) is 12.0 Å². The average Bonchev–Trinajstić information content (AvgIpc) is 2.63. The lowest BCUT2D eigenvalue weighted by Crippen LogP contribution is -2.50. The molecule has 6 heteroatoms. The molecule has 2 atom stereocenters. The first-order chi connectivity index (χ1) is 12.4. The molecule has 2 aromatic rings. The van der Waals surface area contributed by atoms with E-state index in [1.807, 2.05) is 24.3 Å². The van der Waals surface area contributed by atoms with Crippen molar-refractivity contribution in [2.75, 3.05) is 13.1 Å². The third kappa shape index (κ3) is 3.69. The molecule has 26 heavy (non-hydrogen) atoms. The van der Waals surface area contributed by atoms with Crippen LogP contribution in [0.5, 0.6) is 5.75 Å². The van der Waals surface area contributed by atoms with Crippen molar-refractivity contribution in [2.45, 2.75) is 30.3 Å². The molecule has 0 bridgehead atoms. The Morgan fingerprint density at radius 3 is 2.65 bits per heavy atom. The summed E-state index contributed by atoms with van der Waals surface area (Å²) in [7, 11) is 0. The molecule has 0 aromatic heterocycles. The number of hydrogen-bond acceptors (Lipinski definition) is 4. The van der Waals surface area contributed by atoms with Gasteiger partial charge in [0.2, 0.25) is 0 Å². The predicted molar refractivity (Wildman–Crippen MR) is 100 cm³/mol.